The minimum Gasteiger partial charge on any atom is -0.462 e. The van der Waals surface area contributed by atoms with Crippen LogP contribution in [0.25, 0.3) is 11.0 Å². The molecule has 9 nitrogen and oxygen atoms in total. The molecule has 8 saturated carbocycles. The van der Waals surface area contributed by atoms with Crippen LogP contribution >= 0.6 is 0 Å². The third kappa shape index (κ3) is 7.06. The maximum absolute atomic E-state index is 13.7. The molecule has 10 rings (SSSR count). The van der Waals surface area contributed by atoms with E-state index >= 15 is 0 Å². The second kappa shape index (κ2) is 16.3. The Bertz CT molecular complexity index is 1960. The van der Waals surface area contributed by atoms with Crippen LogP contribution in [-0.4, -0.2) is 78.1 Å². The van der Waals surface area contributed by atoms with Gasteiger partial charge in [0, 0.05) is 12.8 Å². The zero-order chi connectivity index (χ0) is 44.4. The van der Waals surface area contributed by atoms with Gasteiger partial charge in [0.15, 0.2) is 0 Å². The number of benzene rings is 1. The van der Waals surface area contributed by atoms with Gasteiger partial charge in [-0.2, -0.15) is 0 Å². The number of aliphatic hydroxyl groups is 5. The van der Waals surface area contributed by atoms with Crippen molar-refractivity contribution in [1.29, 1.82) is 0 Å². The predicted molar refractivity (Wildman–Crippen MR) is 244 cm³/mol. The van der Waals surface area contributed by atoms with E-state index in [0.717, 1.165) is 126 Å². The molecule has 0 aliphatic heterocycles. The van der Waals surface area contributed by atoms with Gasteiger partial charge in [0.05, 0.1) is 41.6 Å². The molecule has 2 unspecified atom stereocenters. The van der Waals surface area contributed by atoms with Crippen molar-refractivity contribution in [3.63, 3.8) is 0 Å². The number of rotatable bonds is 9. The summed E-state index contributed by atoms with van der Waals surface area (Å²) in [5, 5.41) is 58.6. The second-order valence-corrected chi connectivity index (χ2v) is 24.7. The van der Waals surface area contributed by atoms with Crippen molar-refractivity contribution in [2.24, 2.45) is 92.7 Å². The number of hydrogen-bond acceptors (Lipinski definition) is 8. The van der Waals surface area contributed by atoms with Crippen LogP contribution in [0.1, 0.15) is 157 Å². The number of carbonyl (C=O) groups is 1. The molecule has 0 spiro atoms. The number of nitrogens with zero attached hydrogens (tertiary/aromatic N) is 1. The van der Waals surface area contributed by atoms with Crippen LogP contribution in [0.15, 0.2) is 24.3 Å². The van der Waals surface area contributed by atoms with Gasteiger partial charge in [0.2, 0.25) is 0 Å². The van der Waals surface area contributed by atoms with Crippen molar-refractivity contribution in [2.75, 3.05) is 0 Å². The lowest BCUT2D eigenvalue weighted by Gasteiger charge is -2.63. The van der Waals surface area contributed by atoms with E-state index in [1.807, 2.05) is 12.1 Å². The van der Waals surface area contributed by atoms with E-state index in [1.165, 1.54) is 0 Å². The molecule has 63 heavy (non-hydrogen) atoms. The van der Waals surface area contributed by atoms with Crippen molar-refractivity contribution < 1.29 is 35.1 Å². The van der Waals surface area contributed by atoms with Gasteiger partial charge in [-0.05, 0) is 208 Å². The molecule has 9 heteroatoms. The summed E-state index contributed by atoms with van der Waals surface area (Å²) in [6, 6.07) is 8.22. The van der Waals surface area contributed by atoms with Gasteiger partial charge in [0.1, 0.15) is 11.9 Å². The number of carbonyl (C=O) groups excluding carboxylic acids is 1. The molecule has 22 atom stereocenters. The molecular formula is C54H82N2O7. The van der Waals surface area contributed by atoms with Crippen molar-refractivity contribution in [3.8, 4) is 0 Å². The van der Waals surface area contributed by atoms with E-state index in [1.54, 1.807) is 0 Å². The summed E-state index contributed by atoms with van der Waals surface area (Å²) in [6.07, 6.45) is 13.4. The molecule has 2 aromatic rings. The van der Waals surface area contributed by atoms with Gasteiger partial charge in [-0.15, -0.1) is 0 Å². The quantitative estimate of drug-likeness (QED) is 0.137. The fraction of sp³-hybridized carbons (Fsp3) is 0.852. The number of ether oxygens (including phenoxy) is 1. The molecule has 0 radical (unpaired) electrons. The van der Waals surface area contributed by atoms with Crippen molar-refractivity contribution in [1.82, 2.24) is 9.97 Å². The summed E-state index contributed by atoms with van der Waals surface area (Å²) in [4.78, 5) is 22.0. The van der Waals surface area contributed by atoms with Gasteiger partial charge >= 0.3 is 5.97 Å². The number of imidazole rings is 1. The molecule has 8 fully saturated rings. The highest BCUT2D eigenvalue weighted by Gasteiger charge is 2.67. The lowest BCUT2D eigenvalue weighted by molar-refractivity contribution is -0.209. The minimum absolute atomic E-state index is 0.00536. The molecule has 8 aliphatic rings. The second-order valence-electron chi connectivity index (χ2n) is 24.7. The summed E-state index contributed by atoms with van der Waals surface area (Å²) >= 11 is 0. The maximum Gasteiger partial charge on any atom is 0.306 e. The predicted octanol–water partition coefficient (Wildman–Crippen LogP) is 9.02. The first-order valence-corrected chi connectivity index (χ1v) is 26.0. The highest BCUT2D eigenvalue weighted by Crippen LogP contribution is 2.70. The SMILES string of the molecule is C[C@H](CCC(=O)O[C@@H]1CC[C@@]2(C)C(C1)C[C@@H](O)[C@H]1[C@@H]3CC[C@H]([C@H](C)CCc4nc5ccccc5[nH]4)[C@@]3(C)[C@@H](O)C[C@@H]12)[C@H]1CC[C@H]2[C@@H]3[C@H](O)CC4C[C@H](O)CC[C@]4(C)[C@H]3C[C@H](O)[C@]12C. The first-order chi connectivity index (χ1) is 30.0. The fourth-order valence-electron chi connectivity index (χ4n) is 18.8. The van der Waals surface area contributed by atoms with Gasteiger partial charge in [-0.3, -0.25) is 4.79 Å². The summed E-state index contributed by atoms with van der Waals surface area (Å²) in [6.45, 7) is 14.1. The number of esters is 1. The Morgan fingerprint density at radius 3 is 1.86 bits per heavy atom. The largest absolute Gasteiger partial charge is 0.462 e. The van der Waals surface area contributed by atoms with E-state index in [4.69, 9.17) is 9.72 Å². The van der Waals surface area contributed by atoms with E-state index in [9.17, 15) is 30.3 Å². The number of para-hydroxylation sites is 2. The molecule has 1 aromatic heterocycles. The molecule has 6 N–H and O–H groups in total. The standard InChI is InChI=1S/C54H82N2O7/c1-29(11-17-47-55-41-9-7-8-10-42(41)56-47)35-13-15-38-50-40(28-46(61)53(35,38)5)52(4)22-20-34(24-32(52)26-44(50)59)63-48(62)18-12-30(2)36-14-16-37-49-39(27-45(60)54(36,37)6)51(3)21-19-33(57)23-31(51)25-43(49)58/h7-10,29-40,43-46,49-50,57-61H,11-28H2,1-6H3,(H,55,56)/t29-,30-,31?,32?,33-,34-,35-,36-,37+,38+,39+,40+,43-,44-,45+,46+,49+,50+,51+,52+,53-,54-/m1/s1. The molecule has 8 aliphatic carbocycles. The first-order valence-electron chi connectivity index (χ1n) is 26.0. The molecule has 0 amide bonds. The molecule has 0 saturated heterocycles. The average Bonchev–Trinajstić information content (AvgIpc) is 3.95. The summed E-state index contributed by atoms with van der Waals surface area (Å²) in [7, 11) is 0. The Labute approximate surface area is 377 Å². The van der Waals surface area contributed by atoms with E-state index in [2.05, 4.69) is 58.7 Å². The summed E-state index contributed by atoms with van der Waals surface area (Å²) in [5.74, 6) is 4.38. The topological polar surface area (TPSA) is 156 Å². The Hall–Kier alpha value is -2.04. The first kappa shape index (κ1) is 44.8. The normalized spacial score (nSPS) is 50.0. The van der Waals surface area contributed by atoms with Crippen LogP contribution in [0, 0.1) is 92.7 Å². The van der Waals surface area contributed by atoms with Gasteiger partial charge in [-0.25, -0.2) is 4.98 Å². The highest BCUT2D eigenvalue weighted by atomic mass is 16.5. The van der Waals surface area contributed by atoms with Crippen LogP contribution < -0.4 is 0 Å². The Kier molecular flexibility index (Phi) is 11.6. The smallest absolute Gasteiger partial charge is 0.306 e. The maximum atomic E-state index is 13.7. The molecular weight excluding hydrogens is 789 g/mol. The van der Waals surface area contributed by atoms with Crippen molar-refractivity contribution >= 4 is 17.0 Å². The number of fused-ring (bicyclic) bond motifs is 11. The number of aromatic nitrogens is 2. The molecule has 1 heterocycles. The highest BCUT2D eigenvalue weighted by molar-refractivity contribution is 5.74. The number of aryl methyl sites for hydroxylation is 1. The third-order valence-corrected chi connectivity index (χ3v) is 22.4. The summed E-state index contributed by atoms with van der Waals surface area (Å²) in [5.41, 5.74) is 1.67. The lowest BCUT2D eigenvalue weighted by Crippen LogP contribution is -2.62. The van der Waals surface area contributed by atoms with E-state index in [0.29, 0.717) is 30.1 Å². The van der Waals surface area contributed by atoms with Crippen LogP contribution in [0.2, 0.25) is 0 Å². The number of aromatic amines is 1. The number of aliphatic hydroxyl groups excluding tert-OH is 5. The molecule has 0 bridgehead atoms. The Morgan fingerprint density at radius 1 is 0.698 bits per heavy atom. The lowest BCUT2D eigenvalue weighted by atomic mass is 9.43. The van der Waals surface area contributed by atoms with Crippen molar-refractivity contribution in [2.45, 2.75) is 194 Å². The molecule has 1 aromatic carbocycles. The van der Waals surface area contributed by atoms with Crippen LogP contribution in [-0.2, 0) is 16.0 Å². The number of hydrogen-bond donors (Lipinski definition) is 6. The average molecular weight is 871 g/mol. The van der Waals surface area contributed by atoms with Crippen LogP contribution in [0.5, 0.6) is 0 Å². The third-order valence-electron chi connectivity index (χ3n) is 22.4. The zero-order valence-electron chi connectivity index (χ0n) is 39.4. The zero-order valence-corrected chi connectivity index (χ0v) is 39.4. The minimum atomic E-state index is -0.431. The van der Waals surface area contributed by atoms with E-state index < -0.39 is 18.3 Å². The number of H-pyrrole nitrogens is 1. The summed E-state index contributed by atoms with van der Waals surface area (Å²) < 4.78 is 6.32. The Morgan fingerprint density at radius 2 is 1.25 bits per heavy atom. The monoisotopic (exact) mass is 871 g/mol. The van der Waals surface area contributed by atoms with Crippen LogP contribution in [0.3, 0.4) is 0 Å². The van der Waals surface area contributed by atoms with Gasteiger partial charge in [-0.1, -0.05) is 53.7 Å². The van der Waals surface area contributed by atoms with Crippen LogP contribution in [0.4, 0.5) is 0 Å². The van der Waals surface area contributed by atoms with E-state index in [-0.39, 0.29) is 93.3 Å². The van der Waals surface area contributed by atoms with Gasteiger partial charge < -0.3 is 35.3 Å². The fourth-order valence-corrected chi connectivity index (χ4v) is 18.8. The van der Waals surface area contributed by atoms with Crippen molar-refractivity contribution in [3.05, 3.63) is 30.1 Å². The Balaban J connectivity index is 0.739. The van der Waals surface area contributed by atoms with Gasteiger partial charge in [0.25, 0.3) is 0 Å². The molecule has 350 valence electrons. The number of nitrogens with one attached hydrogen (secondary N) is 1.